The average Bonchev–Trinajstić information content (AvgIpc) is 2.40. The summed E-state index contributed by atoms with van der Waals surface area (Å²) in [5.41, 5.74) is 1.82. The van der Waals surface area contributed by atoms with E-state index in [0.717, 1.165) is 22.8 Å². The van der Waals surface area contributed by atoms with E-state index in [1.54, 1.807) is 6.20 Å². The predicted octanol–water partition coefficient (Wildman–Crippen LogP) is 3.74. The third-order valence-electron chi connectivity index (χ3n) is 2.94. The number of nitrogens with zero attached hydrogens (tertiary/aromatic N) is 3. The minimum atomic E-state index is -0.137. The van der Waals surface area contributed by atoms with Gasteiger partial charge in [0, 0.05) is 29.9 Å². The van der Waals surface area contributed by atoms with Gasteiger partial charge in [-0.05, 0) is 18.6 Å². The van der Waals surface area contributed by atoms with E-state index >= 15 is 0 Å². The van der Waals surface area contributed by atoms with Crippen LogP contribution in [0.2, 0.25) is 5.15 Å². The second-order valence-electron chi connectivity index (χ2n) is 5.78. The molecule has 5 heteroatoms. The lowest BCUT2D eigenvalue weighted by Crippen LogP contribution is -2.18. The van der Waals surface area contributed by atoms with E-state index in [0.29, 0.717) is 11.7 Å². The summed E-state index contributed by atoms with van der Waals surface area (Å²) in [5.74, 6) is 1.51. The molecule has 0 saturated heterocycles. The average molecular weight is 291 g/mol. The molecule has 0 amide bonds. The maximum absolute atomic E-state index is 6.20. The van der Waals surface area contributed by atoms with Gasteiger partial charge in [0.25, 0.3) is 0 Å². The van der Waals surface area contributed by atoms with E-state index in [1.807, 2.05) is 25.3 Å². The molecule has 0 aliphatic carbocycles. The number of rotatable bonds is 3. The summed E-state index contributed by atoms with van der Waals surface area (Å²) in [5, 5.41) is 3.81. The van der Waals surface area contributed by atoms with Gasteiger partial charge in [-0.25, -0.2) is 9.97 Å². The first-order valence-electron chi connectivity index (χ1n) is 6.55. The molecular formula is C15H19ClN4. The molecule has 0 spiro atoms. The fourth-order valence-electron chi connectivity index (χ4n) is 1.69. The summed E-state index contributed by atoms with van der Waals surface area (Å²) in [6.45, 7) is 8.78. The first-order valence-corrected chi connectivity index (χ1v) is 6.93. The Bertz CT molecular complexity index is 591. The van der Waals surface area contributed by atoms with Crippen LogP contribution in [-0.2, 0) is 12.0 Å². The third-order valence-corrected chi connectivity index (χ3v) is 3.31. The molecule has 0 bridgehead atoms. The van der Waals surface area contributed by atoms with Crippen LogP contribution in [0.3, 0.4) is 0 Å². The summed E-state index contributed by atoms with van der Waals surface area (Å²) >= 11 is 6.20. The van der Waals surface area contributed by atoms with Crippen molar-refractivity contribution in [1.82, 2.24) is 15.0 Å². The van der Waals surface area contributed by atoms with Gasteiger partial charge in [-0.2, -0.15) is 0 Å². The van der Waals surface area contributed by atoms with Gasteiger partial charge in [0.15, 0.2) is 0 Å². The number of anilines is 1. The largest absolute Gasteiger partial charge is 0.366 e. The minimum Gasteiger partial charge on any atom is -0.366 e. The highest BCUT2D eigenvalue weighted by Gasteiger charge is 2.20. The molecule has 106 valence electrons. The van der Waals surface area contributed by atoms with E-state index in [9.17, 15) is 0 Å². The van der Waals surface area contributed by atoms with Crippen molar-refractivity contribution in [2.75, 3.05) is 5.32 Å². The van der Waals surface area contributed by atoms with Crippen molar-refractivity contribution in [2.45, 2.75) is 39.7 Å². The highest BCUT2D eigenvalue weighted by Crippen LogP contribution is 2.26. The number of hydrogen-bond donors (Lipinski definition) is 1. The Kier molecular flexibility index (Phi) is 4.23. The summed E-state index contributed by atoms with van der Waals surface area (Å²) in [7, 11) is 0. The van der Waals surface area contributed by atoms with Crippen molar-refractivity contribution in [3.8, 4) is 0 Å². The van der Waals surface area contributed by atoms with E-state index in [2.05, 4.69) is 41.0 Å². The molecule has 2 heterocycles. The summed E-state index contributed by atoms with van der Waals surface area (Å²) < 4.78 is 0. The summed E-state index contributed by atoms with van der Waals surface area (Å²) in [4.78, 5) is 13.0. The van der Waals surface area contributed by atoms with Crippen LogP contribution < -0.4 is 5.32 Å². The van der Waals surface area contributed by atoms with Crippen molar-refractivity contribution in [1.29, 1.82) is 0 Å². The Morgan fingerprint density at radius 1 is 1.25 bits per heavy atom. The van der Waals surface area contributed by atoms with Crippen LogP contribution in [0.25, 0.3) is 0 Å². The van der Waals surface area contributed by atoms with Crippen molar-refractivity contribution in [3.05, 3.63) is 46.6 Å². The SMILES string of the molecule is Cc1c(Cl)nc(C(C)(C)C)nc1NCc1cccnc1. The topological polar surface area (TPSA) is 50.7 Å². The lowest BCUT2D eigenvalue weighted by atomic mass is 9.95. The van der Waals surface area contributed by atoms with Crippen LogP contribution in [-0.4, -0.2) is 15.0 Å². The van der Waals surface area contributed by atoms with Gasteiger partial charge in [0.1, 0.15) is 16.8 Å². The van der Waals surface area contributed by atoms with Gasteiger partial charge in [-0.1, -0.05) is 38.4 Å². The molecule has 2 aromatic heterocycles. The minimum absolute atomic E-state index is 0.137. The molecule has 0 aliphatic heterocycles. The zero-order valence-electron chi connectivity index (χ0n) is 12.2. The van der Waals surface area contributed by atoms with Crippen molar-refractivity contribution in [2.24, 2.45) is 0 Å². The molecule has 0 unspecified atom stereocenters. The normalized spacial score (nSPS) is 11.4. The number of nitrogens with one attached hydrogen (secondary N) is 1. The molecule has 0 aromatic carbocycles. The van der Waals surface area contributed by atoms with Gasteiger partial charge in [-0.3, -0.25) is 4.98 Å². The molecule has 2 rings (SSSR count). The van der Waals surface area contributed by atoms with E-state index in [4.69, 9.17) is 11.6 Å². The lowest BCUT2D eigenvalue weighted by molar-refractivity contribution is 0.545. The van der Waals surface area contributed by atoms with Crippen LogP contribution in [0, 0.1) is 6.92 Å². The summed E-state index contributed by atoms with van der Waals surface area (Å²) in [6, 6.07) is 3.93. The molecule has 0 aliphatic rings. The Balaban J connectivity index is 2.25. The predicted molar refractivity (Wildman–Crippen MR) is 82.0 cm³/mol. The fraction of sp³-hybridized carbons (Fsp3) is 0.400. The van der Waals surface area contributed by atoms with Gasteiger partial charge in [-0.15, -0.1) is 0 Å². The maximum Gasteiger partial charge on any atom is 0.137 e. The molecule has 20 heavy (non-hydrogen) atoms. The zero-order chi connectivity index (χ0) is 14.8. The van der Waals surface area contributed by atoms with Crippen molar-refractivity contribution in [3.63, 3.8) is 0 Å². The lowest BCUT2D eigenvalue weighted by Gasteiger charge is -2.19. The first kappa shape index (κ1) is 14.7. The third kappa shape index (κ3) is 3.45. The summed E-state index contributed by atoms with van der Waals surface area (Å²) in [6.07, 6.45) is 3.59. The fourth-order valence-corrected chi connectivity index (χ4v) is 1.85. The van der Waals surface area contributed by atoms with Gasteiger partial charge < -0.3 is 5.32 Å². The van der Waals surface area contributed by atoms with Crippen LogP contribution in [0.1, 0.15) is 37.7 Å². The van der Waals surface area contributed by atoms with Gasteiger partial charge in [0.05, 0.1) is 0 Å². The number of pyridine rings is 1. The highest BCUT2D eigenvalue weighted by molar-refractivity contribution is 6.30. The standard InChI is InChI=1S/C15H19ClN4/c1-10-12(16)19-14(15(2,3)4)20-13(10)18-9-11-6-5-7-17-8-11/h5-8H,9H2,1-4H3,(H,18,19,20). The Hall–Kier alpha value is -1.68. The number of hydrogen-bond acceptors (Lipinski definition) is 4. The Morgan fingerprint density at radius 3 is 2.60 bits per heavy atom. The van der Waals surface area contributed by atoms with Crippen LogP contribution in [0.15, 0.2) is 24.5 Å². The molecule has 1 N–H and O–H groups in total. The monoisotopic (exact) mass is 290 g/mol. The van der Waals surface area contributed by atoms with Gasteiger partial charge >= 0.3 is 0 Å². The zero-order valence-corrected chi connectivity index (χ0v) is 13.0. The van der Waals surface area contributed by atoms with Crippen LogP contribution >= 0.6 is 11.6 Å². The molecule has 0 radical (unpaired) electrons. The second kappa shape index (κ2) is 5.75. The van der Waals surface area contributed by atoms with Crippen LogP contribution in [0.5, 0.6) is 0 Å². The molecule has 4 nitrogen and oxygen atoms in total. The van der Waals surface area contributed by atoms with E-state index < -0.39 is 0 Å². The molecule has 2 aromatic rings. The van der Waals surface area contributed by atoms with E-state index in [-0.39, 0.29) is 5.41 Å². The van der Waals surface area contributed by atoms with Crippen molar-refractivity contribution >= 4 is 17.4 Å². The van der Waals surface area contributed by atoms with Gasteiger partial charge in [0.2, 0.25) is 0 Å². The van der Waals surface area contributed by atoms with Crippen molar-refractivity contribution < 1.29 is 0 Å². The highest BCUT2D eigenvalue weighted by atomic mass is 35.5. The molecular weight excluding hydrogens is 272 g/mol. The Labute approximate surface area is 124 Å². The van der Waals surface area contributed by atoms with E-state index in [1.165, 1.54) is 0 Å². The first-order chi connectivity index (χ1) is 9.38. The quantitative estimate of drug-likeness (QED) is 0.875. The molecule has 0 fully saturated rings. The van der Waals surface area contributed by atoms with Crippen LogP contribution in [0.4, 0.5) is 5.82 Å². The second-order valence-corrected chi connectivity index (χ2v) is 6.13. The molecule has 0 saturated carbocycles. The smallest absolute Gasteiger partial charge is 0.137 e. The number of halogens is 1. The number of aromatic nitrogens is 3. The Morgan fingerprint density at radius 2 is 2.00 bits per heavy atom. The molecule has 0 atom stereocenters. The maximum atomic E-state index is 6.20.